The second-order valence-corrected chi connectivity index (χ2v) is 8.75. The molecular formula is C24H42OS. The third-order valence-electron chi connectivity index (χ3n) is 5.07. The number of ether oxygens (including phenoxy) is 1. The summed E-state index contributed by atoms with van der Waals surface area (Å²) in [6.07, 6.45) is 16.1. The third-order valence-corrected chi connectivity index (χ3v) is 6.19. The Morgan fingerprint density at radius 3 is 1.88 bits per heavy atom. The monoisotopic (exact) mass is 378 g/mol. The molecule has 1 aromatic rings. The number of hydrogen-bond acceptors (Lipinski definition) is 2. The molecule has 0 aromatic heterocycles. The van der Waals surface area contributed by atoms with E-state index in [4.69, 9.17) is 4.74 Å². The van der Waals surface area contributed by atoms with E-state index in [-0.39, 0.29) is 0 Å². The van der Waals surface area contributed by atoms with Crippen molar-refractivity contribution >= 4 is 11.8 Å². The van der Waals surface area contributed by atoms with Crippen molar-refractivity contribution in [2.75, 3.05) is 12.4 Å². The second kappa shape index (κ2) is 15.4. The minimum absolute atomic E-state index is 0.860. The number of aryl methyl sites for hydroxylation is 2. The van der Waals surface area contributed by atoms with Crippen LogP contribution in [-0.4, -0.2) is 12.4 Å². The van der Waals surface area contributed by atoms with Crippen LogP contribution in [0.25, 0.3) is 0 Å². The summed E-state index contributed by atoms with van der Waals surface area (Å²) in [7, 11) is 0. The molecule has 1 rings (SSSR count). The van der Waals surface area contributed by atoms with E-state index in [1.165, 1.54) is 98.8 Å². The van der Waals surface area contributed by atoms with Gasteiger partial charge in [0, 0.05) is 4.90 Å². The Bertz CT molecular complexity index is 427. The highest BCUT2D eigenvalue weighted by Gasteiger charge is 2.08. The van der Waals surface area contributed by atoms with E-state index >= 15 is 0 Å². The average Bonchev–Trinajstić information content (AvgIpc) is 2.63. The first-order valence-electron chi connectivity index (χ1n) is 11.1. The zero-order valence-electron chi connectivity index (χ0n) is 17.9. The zero-order valence-corrected chi connectivity index (χ0v) is 18.7. The van der Waals surface area contributed by atoms with Gasteiger partial charge in [-0.25, -0.2) is 0 Å². The first-order valence-corrected chi connectivity index (χ1v) is 12.0. The van der Waals surface area contributed by atoms with Crippen LogP contribution in [-0.2, 0) is 0 Å². The molecule has 1 aromatic carbocycles. The fourth-order valence-corrected chi connectivity index (χ4v) is 4.21. The summed E-state index contributed by atoms with van der Waals surface area (Å²) >= 11 is 1.98. The van der Waals surface area contributed by atoms with Gasteiger partial charge in [0.25, 0.3) is 0 Å². The maximum atomic E-state index is 6.17. The lowest BCUT2D eigenvalue weighted by Crippen LogP contribution is -2.00. The van der Waals surface area contributed by atoms with Gasteiger partial charge < -0.3 is 4.74 Å². The molecule has 2 heteroatoms. The number of rotatable bonds is 16. The molecule has 0 amide bonds. The maximum absolute atomic E-state index is 6.17. The highest BCUT2D eigenvalue weighted by molar-refractivity contribution is 7.99. The SMILES string of the molecule is CCCCCCCCOc1cc(C)c(C)cc1SCCCCCCCC. The van der Waals surface area contributed by atoms with Crippen LogP contribution in [0.4, 0.5) is 0 Å². The quantitative estimate of drug-likeness (QED) is 0.210. The Hall–Kier alpha value is -0.630. The molecule has 0 saturated heterocycles. The predicted molar refractivity (Wildman–Crippen MR) is 119 cm³/mol. The van der Waals surface area contributed by atoms with Crippen molar-refractivity contribution in [3.05, 3.63) is 23.3 Å². The first-order chi connectivity index (χ1) is 12.7. The van der Waals surface area contributed by atoms with Crippen LogP contribution in [0.1, 0.15) is 102 Å². The minimum atomic E-state index is 0.860. The summed E-state index contributed by atoms with van der Waals surface area (Å²) in [6, 6.07) is 4.57. The summed E-state index contributed by atoms with van der Waals surface area (Å²) in [5, 5.41) is 0. The topological polar surface area (TPSA) is 9.23 Å². The lowest BCUT2D eigenvalue weighted by Gasteiger charge is -2.14. The van der Waals surface area contributed by atoms with Crippen molar-refractivity contribution in [3.8, 4) is 5.75 Å². The fourth-order valence-electron chi connectivity index (χ4n) is 3.12. The Balaban J connectivity index is 2.35. The number of thioether (sulfide) groups is 1. The lowest BCUT2D eigenvalue weighted by atomic mass is 10.1. The number of benzene rings is 1. The van der Waals surface area contributed by atoms with Gasteiger partial charge in [0.15, 0.2) is 0 Å². The van der Waals surface area contributed by atoms with Gasteiger partial charge in [0.1, 0.15) is 5.75 Å². The van der Waals surface area contributed by atoms with Crippen molar-refractivity contribution < 1.29 is 4.74 Å². The zero-order chi connectivity index (χ0) is 19.0. The Morgan fingerprint density at radius 1 is 0.692 bits per heavy atom. The molecule has 26 heavy (non-hydrogen) atoms. The molecule has 0 aliphatic carbocycles. The molecule has 0 saturated carbocycles. The van der Waals surface area contributed by atoms with E-state index in [0.717, 1.165) is 12.4 Å². The Kier molecular flexibility index (Phi) is 13.9. The van der Waals surface area contributed by atoms with E-state index < -0.39 is 0 Å². The van der Waals surface area contributed by atoms with Crippen molar-refractivity contribution in [2.45, 2.75) is 110 Å². The highest BCUT2D eigenvalue weighted by atomic mass is 32.2. The smallest absolute Gasteiger partial charge is 0.133 e. The normalized spacial score (nSPS) is 11.1. The lowest BCUT2D eigenvalue weighted by molar-refractivity contribution is 0.297. The Labute approximate surface area is 167 Å². The summed E-state index contributed by atoms with van der Waals surface area (Å²) in [5.41, 5.74) is 2.72. The van der Waals surface area contributed by atoms with Gasteiger partial charge in [0.2, 0.25) is 0 Å². The summed E-state index contributed by atoms with van der Waals surface area (Å²) in [4.78, 5) is 1.34. The molecule has 0 heterocycles. The average molecular weight is 379 g/mol. The van der Waals surface area contributed by atoms with E-state index in [0.29, 0.717) is 0 Å². The minimum Gasteiger partial charge on any atom is -0.492 e. The van der Waals surface area contributed by atoms with Gasteiger partial charge in [-0.1, -0.05) is 78.1 Å². The molecule has 150 valence electrons. The summed E-state index contributed by atoms with van der Waals surface area (Å²) in [6.45, 7) is 9.81. The molecule has 0 aliphatic rings. The fraction of sp³-hybridized carbons (Fsp3) is 0.750. The molecule has 0 atom stereocenters. The van der Waals surface area contributed by atoms with Crippen LogP contribution in [0.2, 0.25) is 0 Å². The highest BCUT2D eigenvalue weighted by Crippen LogP contribution is 2.33. The third kappa shape index (κ3) is 10.5. The van der Waals surface area contributed by atoms with Crippen LogP contribution in [0.5, 0.6) is 5.75 Å². The van der Waals surface area contributed by atoms with Crippen molar-refractivity contribution in [3.63, 3.8) is 0 Å². The van der Waals surface area contributed by atoms with Crippen LogP contribution >= 0.6 is 11.8 Å². The largest absolute Gasteiger partial charge is 0.492 e. The van der Waals surface area contributed by atoms with Gasteiger partial charge >= 0.3 is 0 Å². The molecule has 0 fully saturated rings. The van der Waals surface area contributed by atoms with Crippen molar-refractivity contribution in [2.24, 2.45) is 0 Å². The van der Waals surface area contributed by atoms with E-state index in [1.54, 1.807) is 0 Å². The van der Waals surface area contributed by atoms with Crippen molar-refractivity contribution in [1.29, 1.82) is 0 Å². The Morgan fingerprint density at radius 2 is 1.23 bits per heavy atom. The number of hydrogen-bond donors (Lipinski definition) is 0. The standard InChI is InChI=1S/C24H42OS/c1-5-7-9-11-13-15-17-25-23-19-21(3)22(4)20-24(23)26-18-16-14-12-10-8-6-2/h19-20H,5-18H2,1-4H3. The maximum Gasteiger partial charge on any atom is 0.133 e. The summed E-state index contributed by atoms with van der Waals surface area (Å²) < 4.78 is 6.17. The molecule has 0 aliphatic heterocycles. The van der Waals surface area contributed by atoms with Gasteiger partial charge in [-0.05, 0) is 55.7 Å². The van der Waals surface area contributed by atoms with Crippen LogP contribution < -0.4 is 4.74 Å². The van der Waals surface area contributed by atoms with Crippen LogP contribution in [0.3, 0.4) is 0 Å². The van der Waals surface area contributed by atoms with Gasteiger partial charge in [-0.15, -0.1) is 11.8 Å². The molecule has 0 N–H and O–H groups in total. The predicted octanol–water partition coefficient (Wildman–Crippen LogP) is 8.50. The molecule has 0 unspecified atom stereocenters. The second-order valence-electron chi connectivity index (χ2n) is 7.62. The first kappa shape index (κ1) is 23.4. The van der Waals surface area contributed by atoms with Crippen LogP contribution in [0.15, 0.2) is 17.0 Å². The molecule has 0 bridgehead atoms. The van der Waals surface area contributed by atoms with Gasteiger partial charge in [-0.3, -0.25) is 0 Å². The van der Waals surface area contributed by atoms with Gasteiger partial charge in [0.05, 0.1) is 6.61 Å². The van der Waals surface area contributed by atoms with Crippen molar-refractivity contribution in [1.82, 2.24) is 0 Å². The van der Waals surface area contributed by atoms with E-state index in [9.17, 15) is 0 Å². The van der Waals surface area contributed by atoms with Crippen LogP contribution in [0, 0.1) is 13.8 Å². The molecule has 0 spiro atoms. The molecule has 0 radical (unpaired) electrons. The van der Waals surface area contributed by atoms with E-state index in [2.05, 4.69) is 39.8 Å². The molecule has 1 nitrogen and oxygen atoms in total. The summed E-state index contributed by atoms with van der Waals surface area (Å²) in [5.74, 6) is 2.32. The molecular weight excluding hydrogens is 336 g/mol. The number of unbranched alkanes of at least 4 members (excludes halogenated alkanes) is 10. The van der Waals surface area contributed by atoms with Gasteiger partial charge in [-0.2, -0.15) is 0 Å². The van der Waals surface area contributed by atoms with E-state index in [1.807, 2.05) is 11.8 Å².